The molecular weight excluding hydrogens is 264 g/mol. The number of aromatic nitrogens is 2. The number of carbonyl (C=O) groups excluding carboxylic acids is 1. The van der Waals surface area contributed by atoms with Gasteiger partial charge >= 0.3 is 5.97 Å². The van der Waals surface area contributed by atoms with E-state index >= 15 is 0 Å². The van der Waals surface area contributed by atoms with Gasteiger partial charge in [0, 0.05) is 6.42 Å². The lowest BCUT2D eigenvalue weighted by Crippen LogP contribution is -2.30. The van der Waals surface area contributed by atoms with Gasteiger partial charge in [-0.05, 0) is 19.3 Å². The molecule has 4 heteroatoms. The van der Waals surface area contributed by atoms with Crippen molar-refractivity contribution < 1.29 is 14.1 Å². The van der Waals surface area contributed by atoms with E-state index in [1.807, 2.05) is 0 Å². The van der Waals surface area contributed by atoms with Crippen LogP contribution in [0.1, 0.15) is 64.5 Å². The van der Waals surface area contributed by atoms with Crippen LogP contribution in [0.2, 0.25) is 0 Å². The van der Waals surface area contributed by atoms with Crippen molar-refractivity contribution in [1.82, 2.24) is 4.57 Å². The molecule has 0 unspecified atom stereocenters. The van der Waals surface area contributed by atoms with Crippen molar-refractivity contribution in [2.24, 2.45) is 0 Å². The van der Waals surface area contributed by atoms with Crippen LogP contribution in [0.25, 0.3) is 0 Å². The first-order valence-electron chi connectivity index (χ1n) is 8.36. The zero-order valence-corrected chi connectivity index (χ0v) is 13.9. The number of hydrogen-bond acceptors (Lipinski definition) is 2. The molecule has 1 aromatic rings. The van der Waals surface area contributed by atoms with Gasteiger partial charge in [0.05, 0.1) is 26.6 Å². The molecule has 0 amide bonds. The van der Waals surface area contributed by atoms with Crippen molar-refractivity contribution in [1.29, 1.82) is 0 Å². The Kier molecular flexibility index (Phi) is 8.79. The van der Waals surface area contributed by atoms with Gasteiger partial charge < -0.3 is 4.74 Å². The second-order valence-electron chi connectivity index (χ2n) is 5.66. The average molecular weight is 295 g/mol. The summed E-state index contributed by atoms with van der Waals surface area (Å²) in [7, 11) is 1.45. The minimum absolute atomic E-state index is 0.131. The van der Waals surface area contributed by atoms with E-state index in [-0.39, 0.29) is 5.97 Å². The summed E-state index contributed by atoms with van der Waals surface area (Å²) < 4.78 is 9.32. The van der Waals surface area contributed by atoms with E-state index in [1.54, 1.807) is 0 Å². The van der Waals surface area contributed by atoms with Gasteiger partial charge in [-0.25, -0.2) is 9.13 Å². The molecule has 0 N–H and O–H groups in total. The molecule has 0 saturated heterocycles. The highest BCUT2D eigenvalue weighted by Gasteiger charge is 2.14. The summed E-state index contributed by atoms with van der Waals surface area (Å²) >= 11 is 0. The maximum atomic E-state index is 11.3. The summed E-state index contributed by atoms with van der Waals surface area (Å²) in [6, 6.07) is 0. The highest BCUT2D eigenvalue weighted by Crippen LogP contribution is 2.07. The SMILES string of the molecule is CCCCCCn1c[n+](CCCC)cc1CCC(=O)OC. The van der Waals surface area contributed by atoms with Crippen LogP contribution in [0.5, 0.6) is 0 Å². The molecule has 0 aliphatic heterocycles. The molecule has 0 bridgehead atoms. The molecule has 0 fully saturated rings. The fraction of sp³-hybridized carbons (Fsp3) is 0.765. The largest absolute Gasteiger partial charge is 0.469 e. The Hall–Kier alpha value is -1.32. The summed E-state index contributed by atoms with van der Waals surface area (Å²) in [6.45, 7) is 6.55. The lowest BCUT2D eigenvalue weighted by molar-refractivity contribution is -0.697. The zero-order valence-electron chi connectivity index (χ0n) is 13.9. The van der Waals surface area contributed by atoms with Crippen LogP contribution >= 0.6 is 0 Å². The first-order chi connectivity index (χ1) is 10.2. The van der Waals surface area contributed by atoms with Gasteiger partial charge in [0.25, 0.3) is 0 Å². The molecule has 1 aromatic heterocycles. The molecule has 4 nitrogen and oxygen atoms in total. The van der Waals surface area contributed by atoms with Crippen molar-refractivity contribution >= 4 is 5.97 Å². The van der Waals surface area contributed by atoms with Gasteiger partial charge in [0.1, 0.15) is 11.9 Å². The number of ether oxygens (including phenoxy) is 1. The van der Waals surface area contributed by atoms with E-state index in [1.165, 1.54) is 51.3 Å². The topological polar surface area (TPSA) is 35.1 Å². The van der Waals surface area contributed by atoms with E-state index in [2.05, 4.69) is 35.5 Å². The Morgan fingerprint density at radius 2 is 1.95 bits per heavy atom. The maximum Gasteiger partial charge on any atom is 0.305 e. The van der Waals surface area contributed by atoms with Crippen molar-refractivity contribution in [3.8, 4) is 0 Å². The number of carbonyl (C=O) groups is 1. The summed E-state index contributed by atoms with van der Waals surface area (Å²) in [4.78, 5) is 11.3. The highest BCUT2D eigenvalue weighted by molar-refractivity contribution is 5.69. The van der Waals surface area contributed by atoms with E-state index in [0.717, 1.165) is 19.5 Å². The van der Waals surface area contributed by atoms with Crippen LogP contribution in [0, 0.1) is 0 Å². The predicted molar refractivity (Wildman–Crippen MR) is 84.0 cm³/mol. The average Bonchev–Trinajstić information content (AvgIpc) is 2.89. The molecule has 0 atom stereocenters. The molecule has 0 aliphatic carbocycles. The van der Waals surface area contributed by atoms with E-state index in [4.69, 9.17) is 4.74 Å². The van der Waals surface area contributed by atoms with Gasteiger partial charge in [-0.15, -0.1) is 0 Å². The van der Waals surface area contributed by atoms with Gasteiger partial charge in [0.15, 0.2) is 0 Å². The predicted octanol–water partition coefficient (Wildman–Crippen LogP) is 3.26. The Morgan fingerprint density at radius 3 is 2.62 bits per heavy atom. The fourth-order valence-corrected chi connectivity index (χ4v) is 2.47. The van der Waals surface area contributed by atoms with Crippen LogP contribution in [0.4, 0.5) is 0 Å². The highest BCUT2D eigenvalue weighted by atomic mass is 16.5. The van der Waals surface area contributed by atoms with Gasteiger partial charge in [0.2, 0.25) is 6.33 Å². The third-order valence-electron chi connectivity index (χ3n) is 3.81. The van der Waals surface area contributed by atoms with Crippen LogP contribution in [0.15, 0.2) is 12.5 Å². The van der Waals surface area contributed by atoms with E-state index in [9.17, 15) is 4.79 Å². The third kappa shape index (κ3) is 6.78. The second-order valence-corrected chi connectivity index (χ2v) is 5.66. The monoisotopic (exact) mass is 295 g/mol. The Morgan fingerprint density at radius 1 is 1.19 bits per heavy atom. The molecule has 0 radical (unpaired) electrons. The number of unbranched alkanes of at least 4 members (excludes halogenated alkanes) is 4. The summed E-state index contributed by atoms with van der Waals surface area (Å²) in [5.41, 5.74) is 1.24. The lowest BCUT2D eigenvalue weighted by atomic mass is 10.2. The number of hydrogen-bond donors (Lipinski definition) is 0. The summed E-state index contributed by atoms with van der Waals surface area (Å²) in [6.07, 6.45) is 13.1. The van der Waals surface area contributed by atoms with Crippen LogP contribution in [-0.4, -0.2) is 17.6 Å². The Labute approximate surface area is 129 Å². The minimum Gasteiger partial charge on any atom is -0.469 e. The number of methoxy groups -OCH3 is 1. The maximum absolute atomic E-state index is 11.3. The number of nitrogens with zero attached hydrogens (tertiary/aromatic N) is 2. The molecule has 21 heavy (non-hydrogen) atoms. The van der Waals surface area contributed by atoms with Crippen molar-refractivity contribution in [2.45, 2.75) is 78.3 Å². The van der Waals surface area contributed by atoms with Crippen LogP contribution < -0.4 is 4.57 Å². The standard InChI is InChI=1S/C17H31N2O2/c1-4-6-8-9-13-19-15-18(12-7-5-2)14-16(19)10-11-17(20)21-3/h14-15H,4-13H2,1-3H3/q+1. The Bertz CT molecular complexity index is 413. The minimum atomic E-state index is -0.131. The number of rotatable bonds is 11. The number of aryl methyl sites for hydroxylation is 3. The summed E-state index contributed by atoms with van der Waals surface area (Å²) in [5.74, 6) is -0.131. The summed E-state index contributed by atoms with van der Waals surface area (Å²) in [5, 5.41) is 0. The molecule has 1 rings (SSSR count). The number of esters is 1. The molecule has 0 saturated carbocycles. The van der Waals surface area contributed by atoms with Gasteiger partial charge in [-0.3, -0.25) is 4.79 Å². The van der Waals surface area contributed by atoms with Crippen LogP contribution in [0.3, 0.4) is 0 Å². The molecule has 120 valence electrons. The normalized spacial score (nSPS) is 10.8. The quantitative estimate of drug-likeness (QED) is 0.357. The molecule has 0 aliphatic rings. The van der Waals surface area contributed by atoms with E-state index < -0.39 is 0 Å². The molecule has 1 heterocycles. The molecule has 0 spiro atoms. The van der Waals surface area contributed by atoms with Crippen molar-refractivity contribution in [3.05, 3.63) is 18.2 Å². The first kappa shape index (κ1) is 17.7. The van der Waals surface area contributed by atoms with Crippen molar-refractivity contribution in [2.75, 3.05) is 7.11 Å². The zero-order chi connectivity index (χ0) is 15.5. The smallest absolute Gasteiger partial charge is 0.305 e. The molecular formula is C17H31N2O2+. The second kappa shape index (κ2) is 10.4. The first-order valence-corrected chi connectivity index (χ1v) is 8.36. The Balaban J connectivity index is 2.61. The number of imidazole rings is 1. The third-order valence-corrected chi connectivity index (χ3v) is 3.81. The molecule has 0 aromatic carbocycles. The lowest BCUT2D eigenvalue weighted by Gasteiger charge is -2.01. The fourth-order valence-electron chi connectivity index (χ4n) is 2.47. The van der Waals surface area contributed by atoms with E-state index in [0.29, 0.717) is 6.42 Å². The van der Waals surface area contributed by atoms with Gasteiger partial charge in [-0.2, -0.15) is 0 Å². The van der Waals surface area contributed by atoms with Gasteiger partial charge in [-0.1, -0.05) is 33.1 Å². The van der Waals surface area contributed by atoms with Crippen LogP contribution in [-0.2, 0) is 29.0 Å². The van der Waals surface area contributed by atoms with Crippen molar-refractivity contribution in [3.63, 3.8) is 0 Å².